The standard InChI is InChI=1S/C19H17BrN4O3/c1-10-16(17(21)24(23-10)12-4-6-13(27-2)7-5-12)19(26)14-9-11(20)3-8-15(14)22-18(19)25/h3-9,26H,21H2,1-2H3,(H,22,25)/t19-/m1/s1. The predicted molar refractivity (Wildman–Crippen MR) is 105 cm³/mol. The normalized spacial score (nSPS) is 18.3. The SMILES string of the molecule is COc1ccc(-n2nc(C)c([C@@]3(O)C(=O)Nc4ccc(Br)cc43)c2N)cc1. The summed E-state index contributed by atoms with van der Waals surface area (Å²) in [4.78, 5) is 12.7. The van der Waals surface area contributed by atoms with Crippen molar-refractivity contribution in [1.29, 1.82) is 0 Å². The Morgan fingerprint density at radius 3 is 2.63 bits per heavy atom. The van der Waals surface area contributed by atoms with Crippen molar-refractivity contribution in [3.63, 3.8) is 0 Å². The molecule has 3 aromatic rings. The summed E-state index contributed by atoms with van der Waals surface area (Å²) in [7, 11) is 1.59. The van der Waals surface area contributed by atoms with Gasteiger partial charge in [-0.2, -0.15) is 5.10 Å². The van der Waals surface area contributed by atoms with Crippen molar-refractivity contribution in [2.45, 2.75) is 12.5 Å². The van der Waals surface area contributed by atoms with Crippen molar-refractivity contribution in [1.82, 2.24) is 9.78 Å². The van der Waals surface area contributed by atoms with Crippen LogP contribution in [0, 0.1) is 6.92 Å². The lowest BCUT2D eigenvalue weighted by molar-refractivity contribution is -0.129. The van der Waals surface area contributed by atoms with Crippen LogP contribution in [0.15, 0.2) is 46.9 Å². The zero-order valence-corrected chi connectivity index (χ0v) is 16.2. The molecule has 0 spiro atoms. The van der Waals surface area contributed by atoms with Gasteiger partial charge < -0.3 is 20.9 Å². The molecule has 2 heterocycles. The van der Waals surface area contributed by atoms with Gasteiger partial charge in [0, 0.05) is 15.7 Å². The fourth-order valence-corrected chi connectivity index (χ4v) is 3.78. The quantitative estimate of drug-likeness (QED) is 0.594. The van der Waals surface area contributed by atoms with Crippen molar-refractivity contribution in [3.8, 4) is 11.4 Å². The van der Waals surface area contributed by atoms with Crippen LogP contribution < -0.4 is 15.8 Å². The van der Waals surface area contributed by atoms with E-state index < -0.39 is 11.5 Å². The number of aromatic nitrogens is 2. The van der Waals surface area contributed by atoms with Gasteiger partial charge in [-0.25, -0.2) is 4.68 Å². The third kappa shape index (κ3) is 2.52. The van der Waals surface area contributed by atoms with Crippen LogP contribution in [0.3, 0.4) is 0 Å². The number of halogens is 1. The molecule has 1 aliphatic heterocycles. The van der Waals surface area contributed by atoms with Gasteiger partial charge in [-0.05, 0) is 49.4 Å². The maximum Gasteiger partial charge on any atom is 0.266 e. The number of nitrogens with two attached hydrogens (primary N) is 1. The van der Waals surface area contributed by atoms with E-state index in [9.17, 15) is 9.90 Å². The molecule has 27 heavy (non-hydrogen) atoms. The largest absolute Gasteiger partial charge is 0.497 e. The molecule has 0 aliphatic carbocycles. The Hall–Kier alpha value is -2.84. The molecule has 1 amide bonds. The van der Waals surface area contributed by atoms with E-state index in [1.807, 2.05) is 0 Å². The van der Waals surface area contributed by atoms with Crippen molar-refractivity contribution >= 4 is 33.3 Å². The molecule has 4 rings (SSSR count). The molecule has 0 radical (unpaired) electrons. The number of aliphatic hydroxyl groups is 1. The van der Waals surface area contributed by atoms with E-state index in [0.717, 1.165) is 4.47 Å². The molecule has 8 heteroatoms. The number of fused-ring (bicyclic) bond motifs is 1. The summed E-state index contributed by atoms with van der Waals surface area (Å²) < 4.78 is 7.42. The number of carbonyl (C=O) groups excluding carboxylic acids is 1. The molecule has 0 saturated carbocycles. The van der Waals surface area contributed by atoms with Crippen LogP contribution >= 0.6 is 15.9 Å². The molecule has 138 valence electrons. The average Bonchev–Trinajstić information content (AvgIpc) is 3.09. The van der Waals surface area contributed by atoms with Gasteiger partial charge in [0.1, 0.15) is 11.6 Å². The first-order valence-electron chi connectivity index (χ1n) is 8.20. The Bertz CT molecular complexity index is 1060. The van der Waals surface area contributed by atoms with Crippen LogP contribution in [0.5, 0.6) is 5.75 Å². The van der Waals surface area contributed by atoms with Gasteiger partial charge in [0.15, 0.2) is 0 Å². The summed E-state index contributed by atoms with van der Waals surface area (Å²) in [6, 6.07) is 12.4. The van der Waals surface area contributed by atoms with Gasteiger partial charge in [0.25, 0.3) is 5.91 Å². The molecule has 1 aromatic heterocycles. The van der Waals surface area contributed by atoms with Crippen molar-refractivity contribution in [2.24, 2.45) is 0 Å². The summed E-state index contributed by atoms with van der Waals surface area (Å²) in [5.41, 5.74) is 6.84. The Morgan fingerprint density at radius 2 is 1.96 bits per heavy atom. The number of rotatable bonds is 3. The lowest BCUT2D eigenvalue weighted by atomic mass is 9.87. The Balaban J connectivity index is 1.89. The smallest absolute Gasteiger partial charge is 0.266 e. The number of methoxy groups -OCH3 is 1. The number of nitrogen functional groups attached to an aromatic ring is 1. The fraction of sp³-hybridized carbons (Fsp3) is 0.158. The van der Waals surface area contributed by atoms with Crippen LogP contribution in [0.25, 0.3) is 5.69 Å². The molecular formula is C19H17BrN4O3. The van der Waals surface area contributed by atoms with E-state index in [0.29, 0.717) is 28.4 Å². The second-order valence-corrected chi connectivity index (χ2v) is 7.23. The predicted octanol–water partition coefficient (Wildman–Crippen LogP) is 2.72. The number of carbonyl (C=O) groups is 1. The van der Waals surface area contributed by atoms with Crippen molar-refractivity contribution in [2.75, 3.05) is 18.2 Å². The van der Waals surface area contributed by atoms with E-state index in [-0.39, 0.29) is 11.4 Å². The van der Waals surface area contributed by atoms with E-state index in [2.05, 4.69) is 26.3 Å². The van der Waals surface area contributed by atoms with Gasteiger partial charge in [-0.15, -0.1) is 0 Å². The Labute approximate surface area is 163 Å². The minimum absolute atomic E-state index is 0.197. The lowest BCUT2D eigenvalue weighted by Crippen LogP contribution is -2.36. The fourth-order valence-electron chi connectivity index (χ4n) is 3.42. The molecular weight excluding hydrogens is 412 g/mol. The van der Waals surface area contributed by atoms with Crippen LogP contribution in [-0.4, -0.2) is 27.9 Å². The highest BCUT2D eigenvalue weighted by Gasteiger charge is 2.50. The number of hydrogen-bond acceptors (Lipinski definition) is 5. The zero-order valence-electron chi connectivity index (χ0n) is 14.7. The van der Waals surface area contributed by atoms with Crippen LogP contribution in [-0.2, 0) is 10.4 Å². The third-order valence-corrected chi connectivity index (χ3v) is 5.22. The van der Waals surface area contributed by atoms with Crippen molar-refractivity contribution in [3.05, 3.63) is 63.8 Å². The molecule has 1 aliphatic rings. The first-order valence-corrected chi connectivity index (χ1v) is 8.99. The van der Waals surface area contributed by atoms with E-state index in [4.69, 9.17) is 10.5 Å². The number of nitrogens with one attached hydrogen (secondary N) is 1. The number of anilines is 2. The summed E-state index contributed by atoms with van der Waals surface area (Å²) in [5, 5.41) is 18.6. The monoisotopic (exact) mass is 428 g/mol. The molecule has 1 atom stereocenters. The molecule has 0 bridgehead atoms. The van der Waals surface area contributed by atoms with Gasteiger partial charge in [0.2, 0.25) is 5.60 Å². The van der Waals surface area contributed by atoms with Gasteiger partial charge in [-0.3, -0.25) is 4.79 Å². The Kier molecular flexibility index (Phi) is 3.97. The highest BCUT2D eigenvalue weighted by Crippen LogP contribution is 2.45. The van der Waals surface area contributed by atoms with E-state index >= 15 is 0 Å². The maximum absolute atomic E-state index is 12.7. The van der Waals surface area contributed by atoms with Gasteiger partial charge >= 0.3 is 0 Å². The number of amides is 1. The van der Waals surface area contributed by atoms with Crippen LogP contribution in [0.4, 0.5) is 11.5 Å². The summed E-state index contributed by atoms with van der Waals surface area (Å²) >= 11 is 3.39. The second-order valence-electron chi connectivity index (χ2n) is 6.31. The number of ether oxygens (including phenoxy) is 1. The molecule has 0 fully saturated rings. The van der Waals surface area contributed by atoms with E-state index in [1.165, 1.54) is 4.68 Å². The first-order chi connectivity index (χ1) is 12.9. The number of benzene rings is 2. The van der Waals surface area contributed by atoms with Crippen LogP contribution in [0.1, 0.15) is 16.8 Å². The second kappa shape index (κ2) is 6.11. The maximum atomic E-state index is 12.7. The Morgan fingerprint density at radius 1 is 1.26 bits per heavy atom. The highest BCUT2D eigenvalue weighted by molar-refractivity contribution is 9.10. The molecule has 0 unspecified atom stereocenters. The minimum Gasteiger partial charge on any atom is -0.497 e. The lowest BCUT2D eigenvalue weighted by Gasteiger charge is -2.21. The summed E-state index contributed by atoms with van der Waals surface area (Å²) in [5.74, 6) is 0.344. The first kappa shape index (κ1) is 17.6. The zero-order chi connectivity index (χ0) is 19.3. The molecule has 4 N–H and O–H groups in total. The number of nitrogens with zero attached hydrogens (tertiary/aromatic N) is 2. The van der Waals surface area contributed by atoms with E-state index in [1.54, 1.807) is 56.5 Å². The molecule has 7 nitrogen and oxygen atoms in total. The summed E-state index contributed by atoms with van der Waals surface area (Å²) in [6.07, 6.45) is 0. The minimum atomic E-state index is -1.92. The van der Waals surface area contributed by atoms with Crippen LogP contribution in [0.2, 0.25) is 0 Å². The van der Waals surface area contributed by atoms with Gasteiger partial charge in [0.05, 0.1) is 24.1 Å². The average molecular weight is 429 g/mol. The molecule has 0 saturated heterocycles. The number of hydrogen-bond donors (Lipinski definition) is 3. The molecule has 2 aromatic carbocycles. The van der Waals surface area contributed by atoms with Crippen molar-refractivity contribution < 1.29 is 14.6 Å². The third-order valence-electron chi connectivity index (χ3n) is 4.72. The topological polar surface area (TPSA) is 102 Å². The summed E-state index contributed by atoms with van der Waals surface area (Å²) in [6.45, 7) is 1.72. The highest BCUT2D eigenvalue weighted by atomic mass is 79.9. The van der Waals surface area contributed by atoms with Gasteiger partial charge in [-0.1, -0.05) is 15.9 Å². The number of aryl methyl sites for hydroxylation is 1.